The van der Waals surface area contributed by atoms with E-state index in [0.29, 0.717) is 41.6 Å². The summed E-state index contributed by atoms with van der Waals surface area (Å²) in [7, 11) is 5.45. The zero-order valence-electron chi connectivity index (χ0n) is 47.2. The molecule has 17 nitrogen and oxygen atoms in total. The molecule has 436 valence electrons. The van der Waals surface area contributed by atoms with Gasteiger partial charge in [-0.05, 0) is 140 Å². The second-order valence-electron chi connectivity index (χ2n) is 22.4. The molecule has 0 spiro atoms. The Hall–Kier alpha value is -7.11. The van der Waals surface area contributed by atoms with E-state index in [1.807, 2.05) is 87.3 Å². The van der Waals surface area contributed by atoms with Crippen LogP contribution in [0.2, 0.25) is 0 Å². The molecule has 4 aromatic heterocycles. The molecule has 2 aromatic carbocycles. The molecular weight excluding hydrogens is 1070 g/mol. The summed E-state index contributed by atoms with van der Waals surface area (Å²) in [5.74, 6) is 0.631. The maximum atomic E-state index is 14.4. The number of nitrogens with one attached hydrogen (secondary N) is 1. The van der Waals surface area contributed by atoms with Gasteiger partial charge in [0.25, 0.3) is 0 Å². The molecule has 2 saturated carbocycles. The van der Waals surface area contributed by atoms with Crippen LogP contribution in [0.5, 0.6) is 0 Å². The molecule has 23 heteroatoms. The number of nitrogens with zero attached hydrogens (tertiary/aromatic N) is 12. The van der Waals surface area contributed by atoms with Crippen molar-refractivity contribution >= 4 is 29.6 Å². The molecule has 2 saturated heterocycles. The van der Waals surface area contributed by atoms with Gasteiger partial charge in [-0.25, -0.2) is 23.7 Å². The molecule has 6 aliphatic rings. The largest absolute Gasteiger partial charge is 0.418 e. The first-order valence-electron chi connectivity index (χ1n) is 28.0. The SMILES string of the molecule is CC.COC1CC([C]2N=NC=[N+]2C)(c2cccc(-n3cc4c(C(F)(F)F)cc([C@@H](C)N5CCC[C@H](C)C5)cn4c3=O)c2)C1.C[C@H]1CC(=O)NN1Cc1cc(C(F)(F)F)c2cn(-c3cccc([C@H]([C]4N=NC=[N+]4C)C4CCC4)c3)c(=O)n2c1.[HH]. The third kappa shape index (κ3) is 11.0. The number of hydrogen-bond donors (Lipinski definition) is 1. The van der Waals surface area contributed by atoms with Gasteiger partial charge in [0.05, 0.1) is 75.3 Å². The third-order valence-electron chi connectivity index (χ3n) is 17.0. The molecule has 1 N–H and O–H groups in total. The molecule has 82 heavy (non-hydrogen) atoms. The Morgan fingerprint density at radius 2 is 1.39 bits per heavy atom. The van der Waals surface area contributed by atoms with Gasteiger partial charge in [0.2, 0.25) is 5.91 Å². The van der Waals surface area contributed by atoms with Crippen LogP contribution >= 0.6 is 0 Å². The number of hydrazine groups is 1. The van der Waals surface area contributed by atoms with Crippen molar-refractivity contribution in [3.05, 3.63) is 152 Å². The number of azo groups is 2. The number of rotatable bonds is 12. The maximum Gasteiger partial charge on any atom is 0.418 e. The number of carbonyl (C=O) groups is 1. The lowest BCUT2D eigenvalue weighted by molar-refractivity contribution is -0.489. The molecule has 8 heterocycles. The van der Waals surface area contributed by atoms with E-state index in [4.69, 9.17) is 4.74 Å². The maximum absolute atomic E-state index is 14.4. The summed E-state index contributed by atoms with van der Waals surface area (Å²) >= 11 is 0. The van der Waals surface area contributed by atoms with Gasteiger partial charge in [-0.1, -0.05) is 51.5 Å². The van der Waals surface area contributed by atoms with Crippen LogP contribution in [0.15, 0.2) is 115 Å². The number of ether oxygens (including phenoxy) is 1. The van der Waals surface area contributed by atoms with Crippen LogP contribution in [0.4, 0.5) is 26.3 Å². The van der Waals surface area contributed by atoms with Crippen molar-refractivity contribution in [1.82, 2.24) is 33.3 Å². The van der Waals surface area contributed by atoms with Gasteiger partial charge in [0.15, 0.2) is 0 Å². The van der Waals surface area contributed by atoms with Crippen LogP contribution in [0.3, 0.4) is 0 Å². The summed E-state index contributed by atoms with van der Waals surface area (Å²) in [6, 6.07) is 16.6. The molecule has 4 fully saturated rings. The molecular formula is C59H71F6N13O4+2. The Balaban J connectivity index is 0.000000192. The normalized spacial score (nSPS) is 23.4. The fourth-order valence-electron chi connectivity index (χ4n) is 12.4. The van der Waals surface area contributed by atoms with Crippen molar-refractivity contribution in [2.45, 2.75) is 134 Å². The second-order valence-corrected chi connectivity index (χ2v) is 22.4. The summed E-state index contributed by atoms with van der Waals surface area (Å²) in [6.07, 6.45) is 8.16. The van der Waals surface area contributed by atoms with Crippen LogP contribution in [-0.4, -0.2) is 102 Å². The minimum Gasteiger partial charge on any atom is -0.381 e. The number of hydrogen-bond acceptors (Lipinski definition) is 10. The molecule has 0 bridgehead atoms. The number of methoxy groups -OCH3 is 1. The highest BCUT2D eigenvalue weighted by Gasteiger charge is 2.58. The Bertz CT molecular complexity index is 3630. The average Bonchev–Trinajstić information content (AvgIpc) is 2.59. The number of benzene rings is 2. The van der Waals surface area contributed by atoms with Crippen molar-refractivity contribution in [3.8, 4) is 11.4 Å². The summed E-state index contributed by atoms with van der Waals surface area (Å²) in [5.41, 5.74) is 2.49. The van der Waals surface area contributed by atoms with E-state index in [1.54, 1.807) is 43.1 Å². The highest BCUT2D eigenvalue weighted by atomic mass is 19.4. The number of alkyl halides is 6. The number of aromatic nitrogens is 4. The Morgan fingerprint density at radius 1 is 0.768 bits per heavy atom. The number of likely N-dealkylation sites (tertiary alicyclic amines) is 1. The topological polar surface area (TPSA) is 153 Å². The number of imidazole rings is 2. The zero-order chi connectivity index (χ0) is 58.6. The smallest absolute Gasteiger partial charge is 0.381 e. The lowest BCUT2D eigenvalue weighted by Gasteiger charge is -2.46. The first kappa shape index (κ1) is 58.1. The van der Waals surface area contributed by atoms with E-state index < -0.39 is 40.3 Å². The first-order chi connectivity index (χ1) is 39.1. The van der Waals surface area contributed by atoms with Crippen LogP contribution in [0.25, 0.3) is 22.4 Å². The Kier molecular flexibility index (Phi) is 16.2. The number of halogens is 6. The Labute approximate surface area is 472 Å². The van der Waals surface area contributed by atoms with Crippen molar-refractivity contribution in [2.24, 2.45) is 32.3 Å². The molecule has 0 unspecified atom stereocenters. The second kappa shape index (κ2) is 22.9. The number of pyridine rings is 2. The van der Waals surface area contributed by atoms with E-state index in [-0.39, 0.29) is 61.0 Å². The van der Waals surface area contributed by atoms with Crippen molar-refractivity contribution in [2.75, 3.05) is 34.3 Å². The van der Waals surface area contributed by atoms with Crippen LogP contribution in [0, 0.1) is 24.2 Å². The van der Waals surface area contributed by atoms with Gasteiger partial charge in [-0.15, -0.1) is 0 Å². The number of carbonyl (C=O) groups excluding carboxylic acids is 1. The van der Waals surface area contributed by atoms with Crippen LogP contribution in [-0.2, 0) is 33.8 Å². The lowest BCUT2D eigenvalue weighted by Crippen LogP contribution is -2.51. The van der Waals surface area contributed by atoms with Gasteiger partial charge in [-0.3, -0.25) is 33.1 Å². The molecule has 1 amide bonds. The number of piperidine rings is 1. The van der Waals surface area contributed by atoms with Crippen LogP contribution < -0.4 is 16.8 Å². The minimum atomic E-state index is -4.68. The van der Waals surface area contributed by atoms with Gasteiger partial charge >= 0.3 is 48.7 Å². The molecule has 4 aliphatic heterocycles. The number of fused-ring (bicyclic) bond motifs is 2. The van der Waals surface area contributed by atoms with Gasteiger partial charge in [0.1, 0.15) is 0 Å². The van der Waals surface area contributed by atoms with E-state index >= 15 is 0 Å². The summed E-state index contributed by atoms with van der Waals surface area (Å²) in [6.45, 7) is 11.6. The molecule has 12 rings (SSSR count). The van der Waals surface area contributed by atoms with Gasteiger partial charge in [0, 0.05) is 64.9 Å². The van der Waals surface area contributed by atoms with Crippen molar-refractivity contribution in [3.63, 3.8) is 0 Å². The number of amides is 1. The highest BCUT2D eigenvalue weighted by Crippen LogP contribution is 2.53. The Morgan fingerprint density at radius 3 is 1.95 bits per heavy atom. The monoisotopic (exact) mass is 1140 g/mol. The summed E-state index contributed by atoms with van der Waals surface area (Å²) in [5, 5.41) is 18.4. The van der Waals surface area contributed by atoms with E-state index in [2.05, 4.69) is 37.7 Å². The molecule has 6 aromatic rings. The first-order valence-corrected chi connectivity index (χ1v) is 28.0. The lowest BCUT2D eigenvalue weighted by atomic mass is 9.60. The van der Waals surface area contributed by atoms with E-state index in [1.165, 1.54) is 33.8 Å². The molecule has 4 atom stereocenters. The average molecular weight is 1140 g/mol. The highest BCUT2D eigenvalue weighted by molar-refractivity contribution is 5.78. The van der Waals surface area contributed by atoms with E-state index in [9.17, 15) is 40.7 Å². The molecule has 2 radical (unpaired) electrons. The number of likely N-dealkylation sites (N-methyl/N-ethyl adjacent to an activating group) is 2. The zero-order valence-corrected chi connectivity index (χ0v) is 47.2. The van der Waals surface area contributed by atoms with Gasteiger partial charge in [-0.2, -0.15) is 26.3 Å². The minimum absolute atomic E-state index is 0. The van der Waals surface area contributed by atoms with E-state index in [0.717, 1.165) is 83.5 Å². The predicted molar refractivity (Wildman–Crippen MR) is 298 cm³/mol. The molecule has 2 aliphatic carbocycles. The van der Waals surface area contributed by atoms with Crippen LogP contribution in [0.1, 0.15) is 133 Å². The fourth-order valence-corrected chi connectivity index (χ4v) is 12.4. The predicted octanol–water partition coefficient (Wildman–Crippen LogP) is 11.1. The fraction of sp³-hybridized carbons (Fsp3) is 0.475. The quantitative estimate of drug-likeness (QED) is 0.0951. The summed E-state index contributed by atoms with van der Waals surface area (Å²) < 4.78 is 99.7. The standard InChI is InChI=1S/C30H35F3N6O2.C27H28F3N7O2.C2H6.H2/c1-19-7-6-10-37(15-19)20(2)21-11-25(30(31,32)33)26-17-38(28(40)39(26)16-21)23-9-5-8-22(12-23)29(13-24(14-29)41-4)27-35-34-18-36(27)3;1-16-9-23(38)33-37(16)13-17-10-21(27(28,29)30)22-14-35(26(39)36(22)12-17)20-8-4-7-19(11-20)24(18-5-3-6-18)25-32-31-15-34(25)2;1-2;/h5,8-9,11-12,16-20,24H,6-7,10,13-15H2,1-4H3;4,7-8,10-12,14-16,18,24H,3,5-6,9,13H2,1-2H3,(H,33,38);1-2H3;1H/q2*+1;;/t19-,20+,24?,29?;16-,24+;;/m00../s1. The van der Waals surface area contributed by atoms with Crippen molar-refractivity contribution < 1.29 is 46.5 Å². The van der Waals surface area contributed by atoms with Gasteiger partial charge < -0.3 is 4.74 Å². The van der Waals surface area contributed by atoms with Crippen molar-refractivity contribution in [1.29, 1.82) is 0 Å². The summed E-state index contributed by atoms with van der Waals surface area (Å²) in [4.78, 5) is 41.2. The third-order valence-corrected chi connectivity index (χ3v) is 17.0.